The van der Waals surface area contributed by atoms with Gasteiger partial charge in [-0.3, -0.25) is 9.52 Å². The topological polar surface area (TPSA) is 102 Å². The molecule has 10 heteroatoms. The fraction of sp³-hybridized carbons (Fsp3) is 0.222. The lowest BCUT2D eigenvalue weighted by molar-refractivity contribution is -0.124. The first kappa shape index (κ1) is 20.4. The summed E-state index contributed by atoms with van der Waals surface area (Å²) in [5, 5.41) is 2.87. The van der Waals surface area contributed by atoms with Crippen molar-refractivity contribution < 1.29 is 22.7 Å². The van der Waals surface area contributed by atoms with Crippen LogP contribution in [-0.2, 0) is 19.6 Å². The molecule has 3 rings (SSSR count). The van der Waals surface area contributed by atoms with E-state index in [1.807, 2.05) is 0 Å². The zero-order valence-electron chi connectivity index (χ0n) is 14.4. The van der Waals surface area contributed by atoms with Crippen LogP contribution in [0.25, 0.3) is 0 Å². The lowest BCUT2D eigenvalue weighted by Gasteiger charge is -2.13. The van der Waals surface area contributed by atoms with Gasteiger partial charge >= 0.3 is 5.97 Å². The highest BCUT2D eigenvalue weighted by atomic mass is 35.5. The minimum Gasteiger partial charge on any atom is -0.452 e. The van der Waals surface area contributed by atoms with Gasteiger partial charge in [-0.15, -0.1) is 0 Å². The maximum atomic E-state index is 12.7. The zero-order chi connectivity index (χ0) is 20.3. The van der Waals surface area contributed by atoms with Gasteiger partial charge in [0.15, 0.2) is 6.61 Å². The maximum absolute atomic E-state index is 12.7. The SMILES string of the molecule is O=C(COC(=O)c1ccccc1NS(=O)(=O)c1cc(Cl)ccc1Cl)NC1CC1. The number of sulfonamides is 1. The van der Waals surface area contributed by atoms with Crippen LogP contribution in [0.15, 0.2) is 47.4 Å². The smallest absolute Gasteiger partial charge is 0.340 e. The average Bonchev–Trinajstić information content (AvgIpc) is 3.45. The molecule has 2 aromatic carbocycles. The van der Waals surface area contributed by atoms with Gasteiger partial charge in [-0.2, -0.15) is 0 Å². The van der Waals surface area contributed by atoms with Crippen LogP contribution >= 0.6 is 23.2 Å². The predicted molar refractivity (Wildman–Crippen MR) is 105 cm³/mol. The first-order valence-corrected chi connectivity index (χ1v) is 10.5. The third kappa shape index (κ3) is 5.15. The molecule has 1 amide bonds. The first-order chi connectivity index (χ1) is 13.3. The maximum Gasteiger partial charge on any atom is 0.340 e. The summed E-state index contributed by atoms with van der Waals surface area (Å²) < 4.78 is 32.6. The Morgan fingerprint density at radius 2 is 1.82 bits per heavy atom. The molecule has 0 saturated heterocycles. The number of benzene rings is 2. The molecule has 2 aromatic rings. The summed E-state index contributed by atoms with van der Waals surface area (Å²) >= 11 is 11.8. The molecular formula is C18H16Cl2N2O5S. The van der Waals surface area contributed by atoms with Crippen LogP contribution in [0.2, 0.25) is 10.0 Å². The number of hydrogen-bond acceptors (Lipinski definition) is 5. The molecular weight excluding hydrogens is 427 g/mol. The molecule has 148 valence electrons. The van der Waals surface area contributed by atoms with Gasteiger partial charge in [0.05, 0.1) is 16.3 Å². The van der Waals surface area contributed by atoms with Crippen molar-refractivity contribution in [2.75, 3.05) is 11.3 Å². The normalized spacial score (nSPS) is 13.6. The van der Waals surface area contributed by atoms with Crippen LogP contribution < -0.4 is 10.0 Å². The molecule has 0 atom stereocenters. The quantitative estimate of drug-likeness (QED) is 0.640. The molecule has 0 aliphatic heterocycles. The fourth-order valence-corrected chi connectivity index (χ4v) is 4.18. The molecule has 1 aliphatic carbocycles. The van der Waals surface area contributed by atoms with Gasteiger partial charge in [0.25, 0.3) is 15.9 Å². The van der Waals surface area contributed by atoms with Crippen molar-refractivity contribution in [1.82, 2.24) is 5.32 Å². The van der Waals surface area contributed by atoms with E-state index < -0.39 is 28.5 Å². The number of anilines is 1. The highest BCUT2D eigenvalue weighted by Crippen LogP contribution is 2.28. The molecule has 1 aliphatic rings. The number of ether oxygens (including phenoxy) is 1. The van der Waals surface area contributed by atoms with E-state index in [-0.39, 0.29) is 32.2 Å². The van der Waals surface area contributed by atoms with Gasteiger partial charge in [-0.1, -0.05) is 35.3 Å². The summed E-state index contributed by atoms with van der Waals surface area (Å²) in [4.78, 5) is 23.8. The van der Waals surface area contributed by atoms with Crippen molar-refractivity contribution in [3.05, 3.63) is 58.1 Å². The summed E-state index contributed by atoms with van der Waals surface area (Å²) in [7, 11) is -4.11. The first-order valence-electron chi connectivity index (χ1n) is 8.29. The Hall–Kier alpha value is -2.29. The van der Waals surface area contributed by atoms with E-state index >= 15 is 0 Å². The number of amides is 1. The van der Waals surface area contributed by atoms with E-state index in [2.05, 4.69) is 10.0 Å². The summed E-state index contributed by atoms with van der Waals surface area (Å²) in [6.45, 7) is -0.448. The monoisotopic (exact) mass is 442 g/mol. The van der Waals surface area contributed by atoms with Crippen LogP contribution in [0, 0.1) is 0 Å². The molecule has 2 N–H and O–H groups in total. The molecule has 1 saturated carbocycles. The van der Waals surface area contributed by atoms with Gasteiger partial charge in [0.1, 0.15) is 4.90 Å². The molecule has 0 heterocycles. The average molecular weight is 443 g/mol. The van der Waals surface area contributed by atoms with Crippen LogP contribution in [-0.4, -0.2) is 32.9 Å². The van der Waals surface area contributed by atoms with Crippen molar-refractivity contribution in [2.24, 2.45) is 0 Å². The van der Waals surface area contributed by atoms with Crippen molar-refractivity contribution in [3.63, 3.8) is 0 Å². The summed E-state index contributed by atoms with van der Waals surface area (Å²) in [6, 6.07) is 10.1. The Balaban J connectivity index is 1.76. The third-order valence-electron chi connectivity index (χ3n) is 3.85. The highest BCUT2D eigenvalue weighted by Gasteiger charge is 2.25. The Bertz CT molecular complexity index is 1020. The molecule has 0 aromatic heterocycles. The van der Waals surface area contributed by atoms with Gasteiger partial charge in [-0.05, 0) is 43.2 Å². The van der Waals surface area contributed by atoms with Gasteiger partial charge in [0.2, 0.25) is 0 Å². The lowest BCUT2D eigenvalue weighted by atomic mass is 10.2. The molecule has 7 nitrogen and oxygen atoms in total. The van der Waals surface area contributed by atoms with E-state index in [1.54, 1.807) is 12.1 Å². The van der Waals surface area contributed by atoms with Gasteiger partial charge in [0, 0.05) is 11.1 Å². The summed E-state index contributed by atoms with van der Waals surface area (Å²) in [5.41, 5.74) is -0.0467. The zero-order valence-corrected chi connectivity index (χ0v) is 16.8. The van der Waals surface area contributed by atoms with E-state index in [1.165, 1.54) is 30.3 Å². The van der Waals surface area contributed by atoms with Crippen molar-refractivity contribution in [3.8, 4) is 0 Å². The summed E-state index contributed by atoms with van der Waals surface area (Å²) in [6.07, 6.45) is 1.83. The number of hydrogen-bond donors (Lipinski definition) is 2. The number of carbonyl (C=O) groups is 2. The second kappa shape index (κ2) is 8.38. The van der Waals surface area contributed by atoms with Crippen molar-refractivity contribution in [1.29, 1.82) is 0 Å². The van der Waals surface area contributed by atoms with E-state index in [9.17, 15) is 18.0 Å². The van der Waals surface area contributed by atoms with Crippen LogP contribution in [0.1, 0.15) is 23.2 Å². The second-order valence-electron chi connectivity index (χ2n) is 6.14. The van der Waals surface area contributed by atoms with Crippen LogP contribution in [0.5, 0.6) is 0 Å². The lowest BCUT2D eigenvalue weighted by Crippen LogP contribution is -2.30. The molecule has 0 bridgehead atoms. The van der Waals surface area contributed by atoms with Gasteiger partial charge in [-0.25, -0.2) is 13.2 Å². The van der Waals surface area contributed by atoms with E-state index in [0.717, 1.165) is 12.8 Å². The minimum absolute atomic E-state index is 0.00820. The number of esters is 1. The van der Waals surface area contributed by atoms with Crippen LogP contribution in [0.4, 0.5) is 5.69 Å². The fourth-order valence-electron chi connectivity index (χ4n) is 2.34. The molecule has 1 fully saturated rings. The second-order valence-corrected chi connectivity index (χ2v) is 8.64. The van der Waals surface area contributed by atoms with E-state index in [0.29, 0.717) is 0 Å². The number of rotatable bonds is 7. The summed E-state index contributed by atoms with van der Waals surface area (Å²) in [5.74, 6) is -1.24. The third-order valence-corrected chi connectivity index (χ3v) is 5.93. The Kier molecular flexibility index (Phi) is 6.12. The number of halogens is 2. The number of nitrogens with one attached hydrogen (secondary N) is 2. The Morgan fingerprint density at radius 1 is 1.11 bits per heavy atom. The minimum atomic E-state index is -4.11. The van der Waals surface area contributed by atoms with Crippen molar-refractivity contribution >= 4 is 50.8 Å². The standard InChI is InChI=1S/C18H16Cl2N2O5S/c19-11-5-8-14(20)16(9-11)28(25,26)22-15-4-2-1-3-13(15)18(24)27-10-17(23)21-12-6-7-12/h1-5,8-9,12,22H,6-7,10H2,(H,21,23). The predicted octanol–water partition coefficient (Wildman–Crippen LogP) is 3.23. The highest BCUT2D eigenvalue weighted by molar-refractivity contribution is 7.92. The molecule has 0 spiro atoms. The molecule has 28 heavy (non-hydrogen) atoms. The van der Waals surface area contributed by atoms with Gasteiger partial charge < -0.3 is 10.1 Å². The largest absolute Gasteiger partial charge is 0.452 e. The number of carbonyl (C=O) groups excluding carboxylic acids is 2. The molecule has 0 radical (unpaired) electrons. The Labute approximate surface area is 172 Å². The van der Waals surface area contributed by atoms with Crippen LogP contribution in [0.3, 0.4) is 0 Å². The number of para-hydroxylation sites is 1. The van der Waals surface area contributed by atoms with Crippen molar-refractivity contribution in [2.45, 2.75) is 23.8 Å². The molecule has 0 unspecified atom stereocenters. The Morgan fingerprint density at radius 3 is 2.54 bits per heavy atom. The van der Waals surface area contributed by atoms with E-state index in [4.69, 9.17) is 27.9 Å².